The molecule has 0 saturated carbocycles. The maximum absolute atomic E-state index is 9.56. The van der Waals surface area contributed by atoms with Crippen molar-refractivity contribution in [1.82, 2.24) is 10.2 Å². The Morgan fingerprint density at radius 1 is 1.50 bits per heavy atom. The van der Waals surface area contributed by atoms with E-state index in [1.54, 1.807) is 0 Å². The number of hydrogen-bond donors (Lipinski definition) is 2. The molecule has 4 heteroatoms. The van der Waals surface area contributed by atoms with Crippen molar-refractivity contribution in [1.29, 1.82) is 0 Å². The maximum atomic E-state index is 9.56. The Kier molecular flexibility index (Phi) is 6.57. The van der Waals surface area contributed by atoms with Gasteiger partial charge in [-0.2, -0.15) is 0 Å². The SMILES string of the molecule is CCNC(C)(CO)CC(C)N1CCOC(CC)C1. The first-order chi connectivity index (χ1) is 8.54. The molecular weight excluding hydrogens is 228 g/mol. The third kappa shape index (κ3) is 4.50. The van der Waals surface area contributed by atoms with Gasteiger partial charge in [-0.15, -0.1) is 0 Å². The molecule has 0 aromatic carbocycles. The van der Waals surface area contributed by atoms with Gasteiger partial charge in [-0.3, -0.25) is 4.90 Å². The van der Waals surface area contributed by atoms with Crippen LogP contribution >= 0.6 is 0 Å². The van der Waals surface area contributed by atoms with E-state index < -0.39 is 0 Å². The second-order valence-electron chi connectivity index (χ2n) is 5.70. The molecule has 0 radical (unpaired) electrons. The van der Waals surface area contributed by atoms with Gasteiger partial charge in [-0.1, -0.05) is 13.8 Å². The molecule has 0 aromatic heterocycles. The van der Waals surface area contributed by atoms with Crippen molar-refractivity contribution in [2.24, 2.45) is 0 Å². The minimum atomic E-state index is -0.172. The van der Waals surface area contributed by atoms with Crippen LogP contribution in [0.1, 0.15) is 40.5 Å². The molecule has 1 fully saturated rings. The van der Waals surface area contributed by atoms with Crippen LogP contribution in [0.15, 0.2) is 0 Å². The zero-order valence-corrected chi connectivity index (χ0v) is 12.4. The van der Waals surface area contributed by atoms with Crippen molar-refractivity contribution in [3.05, 3.63) is 0 Å². The molecule has 4 nitrogen and oxygen atoms in total. The molecular formula is C14H30N2O2. The van der Waals surface area contributed by atoms with Gasteiger partial charge in [0.15, 0.2) is 0 Å². The van der Waals surface area contributed by atoms with Gasteiger partial charge >= 0.3 is 0 Å². The van der Waals surface area contributed by atoms with Crippen LogP contribution in [-0.4, -0.2) is 60.5 Å². The predicted octanol–water partition coefficient (Wildman–Crippen LogP) is 1.24. The number of hydrogen-bond acceptors (Lipinski definition) is 4. The van der Waals surface area contributed by atoms with E-state index in [1.807, 2.05) is 0 Å². The topological polar surface area (TPSA) is 44.7 Å². The monoisotopic (exact) mass is 258 g/mol. The van der Waals surface area contributed by atoms with Crippen molar-refractivity contribution in [3.63, 3.8) is 0 Å². The largest absolute Gasteiger partial charge is 0.394 e. The van der Waals surface area contributed by atoms with Crippen LogP contribution < -0.4 is 5.32 Å². The highest BCUT2D eigenvalue weighted by Gasteiger charge is 2.29. The van der Waals surface area contributed by atoms with Crippen LogP contribution in [0.2, 0.25) is 0 Å². The summed E-state index contributed by atoms with van der Waals surface area (Å²) in [5, 5.41) is 13.0. The van der Waals surface area contributed by atoms with Gasteiger partial charge in [0.2, 0.25) is 0 Å². The predicted molar refractivity (Wildman–Crippen MR) is 74.9 cm³/mol. The Hall–Kier alpha value is -0.160. The zero-order chi connectivity index (χ0) is 13.6. The molecule has 3 atom stereocenters. The fraction of sp³-hybridized carbons (Fsp3) is 1.00. The van der Waals surface area contributed by atoms with Crippen LogP contribution in [0.3, 0.4) is 0 Å². The van der Waals surface area contributed by atoms with Crippen molar-refractivity contribution in [2.75, 3.05) is 32.8 Å². The van der Waals surface area contributed by atoms with Gasteiger partial charge in [0.1, 0.15) is 0 Å². The number of rotatable bonds is 7. The Morgan fingerprint density at radius 2 is 2.22 bits per heavy atom. The molecule has 108 valence electrons. The highest BCUT2D eigenvalue weighted by Crippen LogP contribution is 2.19. The number of nitrogens with one attached hydrogen (secondary N) is 1. The molecule has 0 amide bonds. The van der Waals surface area contributed by atoms with E-state index in [-0.39, 0.29) is 12.1 Å². The molecule has 1 saturated heterocycles. The summed E-state index contributed by atoms with van der Waals surface area (Å²) in [5.41, 5.74) is -0.172. The Balaban J connectivity index is 2.50. The smallest absolute Gasteiger partial charge is 0.0700 e. The highest BCUT2D eigenvalue weighted by molar-refractivity contribution is 4.88. The number of aliphatic hydroxyl groups excluding tert-OH is 1. The molecule has 0 aliphatic carbocycles. The molecule has 1 heterocycles. The molecule has 0 aromatic rings. The fourth-order valence-electron chi connectivity index (χ4n) is 2.79. The second-order valence-corrected chi connectivity index (χ2v) is 5.70. The summed E-state index contributed by atoms with van der Waals surface area (Å²) in [4.78, 5) is 2.49. The van der Waals surface area contributed by atoms with Gasteiger partial charge in [-0.25, -0.2) is 0 Å². The molecule has 18 heavy (non-hydrogen) atoms. The zero-order valence-electron chi connectivity index (χ0n) is 12.4. The Labute approximate surface area is 112 Å². The number of ether oxygens (including phenoxy) is 1. The van der Waals surface area contributed by atoms with Crippen LogP contribution in [0, 0.1) is 0 Å². The maximum Gasteiger partial charge on any atom is 0.0700 e. The third-order valence-corrected chi connectivity index (χ3v) is 3.95. The molecule has 3 unspecified atom stereocenters. The summed E-state index contributed by atoms with van der Waals surface area (Å²) in [6, 6.07) is 0.471. The lowest BCUT2D eigenvalue weighted by Gasteiger charge is -2.40. The summed E-state index contributed by atoms with van der Waals surface area (Å²) in [6.45, 7) is 12.6. The third-order valence-electron chi connectivity index (χ3n) is 3.95. The molecule has 1 rings (SSSR count). The van der Waals surface area contributed by atoms with E-state index in [2.05, 4.69) is 37.9 Å². The van der Waals surface area contributed by atoms with Crippen molar-refractivity contribution >= 4 is 0 Å². The van der Waals surface area contributed by atoms with Crippen LogP contribution in [-0.2, 0) is 4.74 Å². The minimum Gasteiger partial charge on any atom is -0.394 e. The lowest BCUT2D eigenvalue weighted by atomic mass is 9.93. The van der Waals surface area contributed by atoms with Gasteiger partial charge in [0.25, 0.3) is 0 Å². The summed E-state index contributed by atoms with van der Waals surface area (Å²) >= 11 is 0. The average molecular weight is 258 g/mol. The van der Waals surface area contributed by atoms with Gasteiger partial charge < -0.3 is 15.2 Å². The van der Waals surface area contributed by atoms with E-state index in [9.17, 15) is 5.11 Å². The number of likely N-dealkylation sites (N-methyl/N-ethyl adjacent to an activating group) is 1. The van der Waals surface area contributed by atoms with Crippen LogP contribution in [0.4, 0.5) is 0 Å². The normalized spacial score (nSPS) is 26.8. The summed E-state index contributed by atoms with van der Waals surface area (Å²) in [7, 11) is 0. The fourth-order valence-corrected chi connectivity index (χ4v) is 2.79. The average Bonchev–Trinajstić information content (AvgIpc) is 2.39. The van der Waals surface area contributed by atoms with Crippen LogP contribution in [0.25, 0.3) is 0 Å². The highest BCUT2D eigenvalue weighted by atomic mass is 16.5. The quantitative estimate of drug-likeness (QED) is 0.721. The van der Waals surface area contributed by atoms with E-state index in [4.69, 9.17) is 4.74 Å². The van der Waals surface area contributed by atoms with E-state index in [0.717, 1.165) is 39.1 Å². The number of morpholine rings is 1. The number of nitrogens with zero attached hydrogens (tertiary/aromatic N) is 1. The Bertz CT molecular complexity index is 238. The first kappa shape index (κ1) is 15.9. The molecule has 0 spiro atoms. The second kappa shape index (κ2) is 7.43. The first-order valence-electron chi connectivity index (χ1n) is 7.26. The van der Waals surface area contributed by atoms with Gasteiger partial charge in [-0.05, 0) is 33.2 Å². The molecule has 1 aliphatic heterocycles. The Morgan fingerprint density at radius 3 is 2.78 bits per heavy atom. The van der Waals surface area contributed by atoms with Gasteiger partial charge in [0, 0.05) is 24.7 Å². The molecule has 0 bridgehead atoms. The van der Waals surface area contributed by atoms with E-state index in [1.165, 1.54) is 0 Å². The van der Waals surface area contributed by atoms with E-state index >= 15 is 0 Å². The molecule has 1 aliphatic rings. The minimum absolute atomic E-state index is 0.172. The lowest BCUT2D eigenvalue weighted by Crippen LogP contribution is -2.53. The summed E-state index contributed by atoms with van der Waals surface area (Å²) < 4.78 is 5.70. The van der Waals surface area contributed by atoms with Gasteiger partial charge in [0.05, 0.1) is 19.3 Å². The summed E-state index contributed by atoms with van der Waals surface area (Å²) in [5.74, 6) is 0. The van der Waals surface area contributed by atoms with Crippen molar-refractivity contribution in [3.8, 4) is 0 Å². The van der Waals surface area contributed by atoms with E-state index in [0.29, 0.717) is 12.1 Å². The van der Waals surface area contributed by atoms with Crippen LogP contribution in [0.5, 0.6) is 0 Å². The first-order valence-corrected chi connectivity index (χ1v) is 7.26. The van der Waals surface area contributed by atoms with Crippen molar-refractivity contribution < 1.29 is 9.84 Å². The number of aliphatic hydroxyl groups is 1. The molecule has 2 N–H and O–H groups in total. The summed E-state index contributed by atoms with van der Waals surface area (Å²) in [6.07, 6.45) is 2.42. The van der Waals surface area contributed by atoms with Crippen molar-refractivity contribution in [2.45, 2.75) is 58.2 Å². The standard InChI is InChI=1S/C14H30N2O2/c1-5-13-10-16(7-8-18-13)12(3)9-14(4,11-17)15-6-2/h12-13,15,17H,5-11H2,1-4H3. The lowest BCUT2D eigenvalue weighted by molar-refractivity contribution is -0.0472.